The SMILES string of the molecule is CCCc1c(C(=O)OC)nnn1CC(O)COCC. The molecule has 0 aliphatic heterocycles. The van der Waals surface area contributed by atoms with E-state index in [0.717, 1.165) is 6.42 Å². The maximum Gasteiger partial charge on any atom is 0.360 e. The van der Waals surface area contributed by atoms with Gasteiger partial charge in [0.1, 0.15) is 0 Å². The number of rotatable bonds is 8. The summed E-state index contributed by atoms with van der Waals surface area (Å²) < 4.78 is 11.3. The Morgan fingerprint density at radius 2 is 2.21 bits per heavy atom. The van der Waals surface area contributed by atoms with E-state index in [4.69, 9.17) is 4.74 Å². The van der Waals surface area contributed by atoms with Gasteiger partial charge >= 0.3 is 5.97 Å². The van der Waals surface area contributed by atoms with E-state index in [9.17, 15) is 9.90 Å². The Morgan fingerprint density at radius 3 is 2.79 bits per heavy atom. The van der Waals surface area contributed by atoms with Gasteiger partial charge in [0, 0.05) is 6.61 Å². The molecule has 0 saturated carbocycles. The fraction of sp³-hybridized carbons (Fsp3) is 0.750. The maximum absolute atomic E-state index is 11.6. The fourth-order valence-electron chi connectivity index (χ4n) is 1.73. The zero-order valence-corrected chi connectivity index (χ0v) is 11.6. The Morgan fingerprint density at radius 1 is 1.47 bits per heavy atom. The molecular weight excluding hydrogens is 250 g/mol. The van der Waals surface area contributed by atoms with Crippen LogP contribution in [0.25, 0.3) is 0 Å². The number of aromatic nitrogens is 3. The second-order valence-corrected chi connectivity index (χ2v) is 4.12. The van der Waals surface area contributed by atoms with E-state index in [1.165, 1.54) is 7.11 Å². The van der Waals surface area contributed by atoms with Crippen LogP contribution < -0.4 is 0 Å². The number of carbonyl (C=O) groups excluding carboxylic acids is 1. The van der Waals surface area contributed by atoms with Crippen LogP contribution in [0.2, 0.25) is 0 Å². The molecule has 0 aromatic carbocycles. The average molecular weight is 271 g/mol. The molecule has 0 bridgehead atoms. The molecule has 1 N–H and O–H groups in total. The summed E-state index contributed by atoms with van der Waals surface area (Å²) in [6.45, 7) is 4.88. The summed E-state index contributed by atoms with van der Waals surface area (Å²) in [5.41, 5.74) is 0.901. The van der Waals surface area contributed by atoms with Crippen molar-refractivity contribution in [3.05, 3.63) is 11.4 Å². The molecule has 1 unspecified atom stereocenters. The molecule has 0 amide bonds. The van der Waals surface area contributed by atoms with Gasteiger partial charge in [-0.05, 0) is 13.3 Å². The zero-order valence-electron chi connectivity index (χ0n) is 11.6. The molecule has 1 aromatic heterocycles. The van der Waals surface area contributed by atoms with Crippen molar-refractivity contribution in [2.45, 2.75) is 39.3 Å². The molecule has 0 aliphatic carbocycles. The Balaban J connectivity index is 2.82. The molecule has 1 rings (SSSR count). The van der Waals surface area contributed by atoms with Crippen LogP contribution in [0.5, 0.6) is 0 Å². The fourth-order valence-corrected chi connectivity index (χ4v) is 1.73. The van der Waals surface area contributed by atoms with Crippen LogP contribution >= 0.6 is 0 Å². The number of hydrogen-bond donors (Lipinski definition) is 1. The molecule has 0 aliphatic rings. The van der Waals surface area contributed by atoms with Gasteiger partial charge in [-0.15, -0.1) is 5.10 Å². The summed E-state index contributed by atoms with van der Waals surface area (Å²) in [7, 11) is 1.31. The largest absolute Gasteiger partial charge is 0.464 e. The van der Waals surface area contributed by atoms with Crippen molar-refractivity contribution in [1.82, 2.24) is 15.0 Å². The summed E-state index contributed by atoms with van der Waals surface area (Å²) >= 11 is 0. The van der Waals surface area contributed by atoms with Crippen molar-refractivity contribution in [3.63, 3.8) is 0 Å². The Kier molecular flexibility index (Phi) is 6.44. The first-order valence-corrected chi connectivity index (χ1v) is 6.40. The molecule has 7 nitrogen and oxygen atoms in total. The average Bonchev–Trinajstić information content (AvgIpc) is 2.79. The van der Waals surface area contributed by atoms with Crippen LogP contribution in [0.15, 0.2) is 0 Å². The summed E-state index contributed by atoms with van der Waals surface area (Å²) in [5.74, 6) is -0.506. The van der Waals surface area contributed by atoms with E-state index in [0.29, 0.717) is 18.7 Å². The van der Waals surface area contributed by atoms with Crippen LogP contribution in [0, 0.1) is 0 Å². The smallest absolute Gasteiger partial charge is 0.360 e. The van der Waals surface area contributed by atoms with Gasteiger partial charge in [0.25, 0.3) is 0 Å². The predicted octanol–water partition coefficient (Wildman–Crippen LogP) is 0.415. The van der Waals surface area contributed by atoms with Crippen molar-refractivity contribution >= 4 is 5.97 Å². The standard InChI is InChI=1S/C12H21N3O4/c1-4-6-10-11(12(17)18-3)13-14-15(10)7-9(16)8-19-5-2/h9,16H,4-8H2,1-3H3. The van der Waals surface area contributed by atoms with Crippen molar-refractivity contribution in [3.8, 4) is 0 Å². The number of ether oxygens (including phenoxy) is 2. The summed E-state index contributed by atoms with van der Waals surface area (Å²) in [6.07, 6.45) is 0.820. The van der Waals surface area contributed by atoms with E-state index in [-0.39, 0.29) is 18.8 Å². The van der Waals surface area contributed by atoms with Gasteiger partial charge in [0.05, 0.1) is 32.1 Å². The normalized spacial score (nSPS) is 12.4. The molecule has 0 fully saturated rings. The summed E-state index contributed by atoms with van der Waals surface area (Å²) in [5, 5.41) is 17.5. The van der Waals surface area contributed by atoms with E-state index >= 15 is 0 Å². The topological polar surface area (TPSA) is 86.5 Å². The zero-order chi connectivity index (χ0) is 14.3. The number of carbonyl (C=O) groups is 1. The van der Waals surface area contributed by atoms with E-state index < -0.39 is 12.1 Å². The van der Waals surface area contributed by atoms with E-state index in [1.807, 2.05) is 13.8 Å². The minimum Gasteiger partial charge on any atom is -0.464 e. The van der Waals surface area contributed by atoms with Crippen LogP contribution in [-0.2, 0) is 22.4 Å². The molecular formula is C12H21N3O4. The maximum atomic E-state index is 11.6. The minimum atomic E-state index is -0.678. The van der Waals surface area contributed by atoms with Crippen molar-refractivity contribution < 1.29 is 19.4 Å². The van der Waals surface area contributed by atoms with Gasteiger partial charge in [-0.1, -0.05) is 18.6 Å². The third-order valence-corrected chi connectivity index (χ3v) is 2.60. The van der Waals surface area contributed by atoms with Crippen LogP contribution in [0.4, 0.5) is 0 Å². The lowest BCUT2D eigenvalue weighted by Crippen LogP contribution is -2.24. The van der Waals surface area contributed by atoms with Crippen LogP contribution in [0.1, 0.15) is 36.5 Å². The number of methoxy groups -OCH3 is 1. The summed E-state index contributed by atoms with van der Waals surface area (Å²) in [6, 6.07) is 0. The van der Waals surface area contributed by atoms with E-state index in [1.54, 1.807) is 4.68 Å². The Hall–Kier alpha value is -1.47. The molecule has 108 valence electrons. The molecule has 1 heterocycles. The highest BCUT2D eigenvalue weighted by atomic mass is 16.5. The number of esters is 1. The Bertz CT molecular complexity index is 406. The quantitative estimate of drug-likeness (QED) is 0.689. The minimum absolute atomic E-state index is 0.216. The second kappa shape index (κ2) is 7.85. The van der Waals surface area contributed by atoms with Gasteiger partial charge in [-0.25, -0.2) is 9.48 Å². The third-order valence-electron chi connectivity index (χ3n) is 2.60. The monoisotopic (exact) mass is 271 g/mol. The molecule has 0 saturated heterocycles. The highest BCUT2D eigenvalue weighted by molar-refractivity contribution is 5.88. The van der Waals surface area contributed by atoms with Gasteiger partial charge in [0.15, 0.2) is 5.69 Å². The number of aliphatic hydroxyl groups excluding tert-OH is 1. The lowest BCUT2D eigenvalue weighted by molar-refractivity contribution is 0.0308. The summed E-state index contributed by atoms with van der Waals surface area (Å²) in [4.78, 5) is 11.6. The van der Waals surface area contributed by atoms with Crippen molar-refractivity contribution in [1.29, 1.82) is 0 Å². The molecule has 0 spiro atoms. The highest BCUT2D eigenvalue weighted by Gasteiger charge is 2.20. The predicted molar refractivity (Wildman–Crippen MR) is 67.9 cm³/mol. The lowest BCUT2D eigenvalue weighted by atomic mass is 10.2. The first kappa shape index (κ1) is 15.6. The number of aliphatic hydroxyl groups is 1. The first-order valence-electron chi connectivity index (χ1n) is 6.40. The van der Waals surface area contributed by atoms with Crippen LogP contribution in [0.3, 0.4) is 0 Å². The van der Waals surface area contributed by atoms with Gasteiger partial charge in [0.2, 0.25) is 0 Å². The third kappa shape index (κ3) is 4.29. The molecule has 19 heavy (non-hydrogen) atoms. The molecule has 7 heteroatoms. The highest BCUT2D eigenvalue weighted by Crippen LogP contribution is 2.10. The second-order valence-electron chi connectivity index (χ2n) is 4.12. The Labute approximate surface area is 112 Å². The van der Waals surface area contributed by atoms with Crippen LogP contribution in [-0.4, -0.2) is 52.5 Å². The lowest BCUT2D eigenvalue weighted by Gasteiger charge is -2.12. The van der Waals surface area contributed by atoms with Crippen molar-refractivity contribution in [2.75, 3.05) is 20.3 Å². The molecule has 0 radical (unpaired) electrons. The number of hydrogen-bond acceptors (Lipinski definition) is 6. The van der Waals surface area contributed by atoms with Gasteiger partial charge in [-0.2, -0.15) is 0 Å². The number of nitrogens with zero attached hydrogens (tertiary/aromatic N) is 3. The van der Waals surface area contributed by atoms with Gasteiger partial charge < -0.3 is 14.6 Å². The van der Waals surface area contributed by atoms with Gasteiger partial charge in [-0.3, -0.25) is 0 Å². The van der Waals surface area contributed by atoms with E-state index in [2.05, 4.69) is 15.0 Å². The molecule has 1 atom stereocenters. The molecule has 1 aromatic rings. The first-order chi connectivity index (χ1) is 9.13. The van der Waals surface area contributed by atoms with Crippen molar-refractivity contribution in [2.24, 2.45) is 0 Å².